The van der Waals surface area contributed by atoms with E-state index in [9.17, 15) is 9.59 Å². The Labute approximate surface area is 183 Å². The lowest BCUT2D eigenvalue weighted by Crippen LogP contribution is -2.29. The lowest BCUT2D eigenvalue weighted by molar-refractivity contribution is -0.136. The molecule has 1 saturated heterocycles. The van der Waals surface area contributed by atoms with Crippen LogP contribution in [-0.2, 0) is 24.1 Å². The maximum absolute atomic E-state index is 12.6. The van der Waals surface area contributed by atoms with Crippen molar-refractivity contribution in [2.24, 2.45) is 0 Å². The van der Waals surface area contributed by atoms with Crippen molar-refractivity contribution in [2.45, 2.75) is 31.7 Å². The Balaban J connectivity index is 0.00000256. The molecule has 7 heteroatoms. The van der Waals surface area contributed by atoms with Crippen molar-refractivity contribution in [3.05, 3.63) is 64.7 Å². The molecule has 2 amide bonds. The second-order valence-electron chi connectivity index (χ2n) is 7.96. The number of carboxylic acid groups (broad SMARTS) is 1. The number of halogens is 1. The Bertz CT molecular complexity index is 916. The van der Waals surface area contributed by atoms with Crippen LogP contribution in [0.25, 0.3) is 0 Å². The third-order valence-electron chi connectivity index (χ3n) is 5.96. The number of aliphatic carboxylic acids is 1. The number of hydrogen-bond donors (Lipinski definition) is 2. The lowest BCUT2D eigenvalue weighted by Gasteiger charge is -2.25. The van der Waals surface area contributed by atoms with Crippen molar-refractivity contribution >= 4 is 30.1 Å². The quantitative estimate of drug-likeness (QED) is 0.763. The fourth-order valence-corrected chi connectivity index (χ4v) is 4.20. The van der Waals surface area contributed by atoms with E-state index >= 15 is 0 Å². The summed E-state index contributed by atoms with van der Waals surface area (Å²) in [4.78, 5) is 27.6. The summed E-state index contributed by atoms with van der Waals surface area (Å²) < 4.78 is 0. The number of anilines is 1. The average molecular weight is 430 g/mol. The summed E-state index contributed by atoms with van der Waals surface area (Å²) in [6.07, 6.45) is 2.68. The molecule has 1 fully saturated rings. The Morgan fingerprint density at radius 2 is 1.80 bits per heavy atom. The number of carboxylic acids is 1. The van der Waals surface area contributed by atoms with Gasteiger partial charge < -0.3 is 15.3 Å². The number of rotatable bonds is 5. The van der Waals surface area contributed by atoms with Gasteiger partial charge in [0.1, 0.15) is 0 Å². The van der Waals surface area contributed by atoms with Crippen LogP contribution in [0.3, 0.4) is 0 Å². The number of aryl methyl sites for hydroxylation is 1. The highest BCUT2D eigenvalue weighted by Crippen LogP contribution is 2.32. The SMILES string of the molecule is CN1CCc2ccc(N3C(=O)NCC3c3ccc(CCC(=O)O)cc3)cc2CC1.Cl. The van der Waals surface area contributed by atoms with E-state index in [1.54, 1.807) is 0 Å². The minimum absolute atomic E-state index is 0. The van der Waals surface area contributed by atoms with Gasteiger partial charge in [0.15, 0.2) is 0 Å². The van der Waals surface area contributed by atoms with E-state index in [1.165, 1.54) is 11.1 Å². The van der Waals surface area contributed by atoms with Gasteiger partial charge in [-0.3, -0.25) is 9.69 Å². The number of carbonyl (C=O) groups is 2. The summed E-state index contributed by atoms with van der Waals surface area (Å²) >= 11 is 0. The van der Waals surface area contributed by atoms with E-state index in [0.29, 0.717) is 13.0 Å². The van der Waals surface area contributed by atoms with E-state index in [-0.39, 0.29) is 30.9 Å². The predicted molar refractivity (Wildman–Crippen MR) is 120 cm³/mol. The average Bonchev–Trinajstić information content (AvgIpc) is 3.00. The van der Waals surface area contributed by atoms with Crippen LogP contribution in [0.4, 0.5) is 10.5 Å². The summed E-state index contributed by atoms with van der Waals surface area (Å²) in [6.45, 7) is 2.66. The van der Waals surface area contributed by atoms with E-state index in [0.717, 1.165) is 42.7 Å². The first kappa shape index (κ1) is 22.1. The topological polar surface area (TPSA) is 72.9 Å². The molecule has 1 atom stereocenters. The largest absolute Gasteiger partial charge is 0.481 e. The van der Waals surface area contributed by atoms with Gasteiger partial charge >= 0.3 is 12.0 Å². The molecule has 2 heterocycles. The van der Waals surface area contributed by atoms with Gasteiger partial charge in [0.25, 0.3) is 0 Å². The molecule has 0 bridgehead atoms. The first-order chi connectivity index (χ1) is 14.0. The second-order valence-corrected chi connectivity index (χ2v) is 7.96. The number of urea groups is 1. The van der Waals surface area contributed by atoms with Crippen molar-refractivity contribution in [2.75, 3.05) is 31.6 Å². The van der Waals surface area contributed by atoms with Crippen molar-refractivity contribution < 1.29 is 14.7 Å². The van der Waals surface area contributed by atoms with Crippen molar-refractivity contribution in [3.63, 3.8) is 0 Å². The molecule has 2 aromatic rings. The van der Waals surface area contributed by atoms with Crippen LogP contribution < -0.4 is 10.2 Å². The van der Waals surface area contributed by atoms with Crippen molar-refractivity contribution in [3.8, 4) is 0 Å². The number of benzene rings is 2. The molecule has 0 aromatic heterocycles. The maximum Gasteiger partial charge on any atom is 0.322 e. The Kier molecular flexibility index (Phi) is 7.00. The summed E-state index contributed by atoms with van der Waals surface area (Å²) in [5.74, 6) is -0.791. The van der Waals surface area contributed by atoms with Crippen LogP contribution in [0.2, 0.25) is 0 Å². The molecule has 2 aromatic carbocycles. The second kappa shape index (κ2) is 9.49. The molecule has 6 nitrogen and oxygen atoms in total. The molecule has 1 unspecified atom stereocenters. The highest BCUT2D eigenvalue weighted by Gasteiger charge is 2.33. The van der Waals surface area contributed by atoms with Gasteiger partial charge in [-0.05, 0) is 60.7 Å². The number of nitrogens with zero attached hydrogens (tertiary/aromatic N) is 2. The normalized spacial score (nSPS) is 18.9. The van der Waals surface area contributed by atoms with Crippen molar-refractivity contribution in [1.82, 2.24) is 10.2 Å². The van der Waals surface area contributed by atoms with Crippen LogP contribution in [0, 0.1) is 0 Å². The minimum Gasteiger partial charge on any atom is -0.481 e. The number of likely N-dealkylation sites (N-methyl/N-ethyl adjacent to an activating group) is 1. The molecule has 160 valence electrons. The standard InChI is InChI=1S/C23H27N3O3.ClH/c1-25-12-10-17-7-8-20(14-19(17)11-13-25)26-21(15-24-23(26)29)18-5-2-16(3-6-18)4-9-22(27)28;/h2-3,5-8,14,21H,4,9-13,15H2,1H3,(H,24,29)(H,27,28);1H. The van der Waals surface area contributed by atoms with E-state index < -0.39 is 5.97 Å². The van der Waals surface area contributed by atoms with Gasteiger partial charge in [0, 0.05) is 31.7 Å². The fourth-order valence-electron chi connectivity index (χ4n) is 4.20. The van der Waals surface area contributed by atoms with Gasteiger partial charge in [-0.1, -0.05) is 30.3 Å². The molecule has 2 N–H and O–H groups in total. The number of nitrogens with one attached hydrogen (secondary N) is 1. The Morgan fingerprint density at radius 3 is 2.50 bits per heavy atom. The van der Waals surface area contributed by atoms with E-state index in [4.69, 9.17) is 5.11 Å². The Hall–Kier alpha value is -2.57. The maximum atomic E-state index is 12.6. The monoisotopic (exact) mass is 429 g/mol. The van der Waals surface area contributed by atoms with Crippen LogP contribution in [-0.4, -0.2) is 48.7 Å². The lowest BCUT2D eigenvalue weighted by atomic mass is 9.99. The molecule has 0 aliphatic carbocycles. The summed E-state index contributed by atoms with van der Waals surface area (Å²) in [5.41, 5.74) is 5.68. The highest BCUT2D eigenvalue weighted by molar-refractivity contribution is 5.95. The molecule has 2 aliphatic heterocycles. The summed E-state index contributed by atoms with van der Waals surface area (Å²) in [5, 5.41) is 11.8. The zero-order chi connectivity index (χ0) is 20.4. The predicted octanol–water partition coefficient (Wildman–Crippen LogP) is 3.43. The summed E-state index contributed by atoms with van der Waals surface area (Å²) in [6, 6.07) is 14.2. The van der Waals surface area contributed by atoms with Crippen LogP contribution >= 0.6 is 12.4 Å². The molecule has 0 radical (unpaired) electrons. The first-order valence-corrected chi connectivity index (χ1v) is 10.2. The molecule has 0 saturated carbocycles. The smallest absolute Gasteiger partial charge is 0.322 e. The zero-order valence-electron chi connectivity index (χ0n) is 17.1. The highest BCUT2D eigenvalue weighted by atomic mass is 35.5. The minimum atomic E-state index is -0.791. The fraction of sp³-hybridized carbons (Fsp3) is 0.391. The van der Waals surface area contributed by atoms with Crippen LogP contribution in [0.5, 0.6) is 0 Å². The number of fused-ring (bicyclic) bond motifs is 1. The Morgan fingerprint density at radius 1 is 1.10 bits per heavy atom. The molecular weight excluding hydrogens is 402 g/mol. The number of hydrogen-bond acceptors (Lipinski definition) is 3. The number of amides is 2. The zero-order valence-corrected chi connectivity index (χ0v) is 18.0. The van der Waals surface area contributed by atoms with Gasteiger partial charge in [0.2, 0.25) is 0 Å². The van der Waals surface area contributed by atoms with Crippen molar-refractivity contribution in [1.29, 1.82) is 0 Å². The van der Waals surface area contributed by atoms with Gasteiger partial charge in [-0.25, -0.2) is 4.79 Å². The van der Waals surface area contributed by atoms with Crippen LogP contribution in [0.1, 0.15) is 34.7 Å². The third kappa shape index (κ3) is 4.77. The molecule has 0 spiro atoms. The molecule has 4 rings (SSSR count). The molecule has 2 aliphatic rings. The van der Waals surface area contributed by atoms with E-state index in [1.807, 2.05) is 29.2 Å². The first-order valence-electron chi connectivity index (χ1n) is 10.2. The molecule has 30 heavy (non-hydrogen) atoms. The summed E-state index contributed by atoms with van der Waals surface area (Å²) in [7, 11) is 2.15. The third-order valence-corrected chi connectivity index (χ3v) is 5.96. The van der Waals surface area contributed by atoms with Crippen LogP contribution in [0.15, 0.2) is 42.5 Å². The van der Waals surface area contributed by atoms with E-state index in [2.05, 4.69) is 35.5 Å². The van der Waals surface area contributed by atoms with Gasteiger partial charge in [-0.15, -0.1) is 12.4 Å². The van der Waals surface area contributed by atoms with Gasteiger partial charge in [0.05, 0.1) is 6.04 Å². The number of carbonyl (C=O) groups excluding carboxylic acids is 1. The van der Waals surface area contributed by atoms with Gasteiger partial charge in [-0.2, -0.15) is 0 Å². The molecular formula is C23H28ClN3O3.